The van der Waals surface area contributed by atoms with Gasteiger partial charge < -0.3 is 10.5 Å². The van der Waals surface area contributed by atoms with Gasteiger partial charge in [0.15, 0.2) is 0 Å². The minimum Gasteiger partial charge on any atom is -0.435 e. The molecule has 15 heavy (non-hydrogen) atoms. The van der Waals surface area contributed by atoms with Gasteiger partial charge in [-0.05, 0) is 11.6 Å². The van der Waals surface area contributed by atoms with Crippen molar-refractivity contribution >= 4 is 5.91 Å². The zero-order chi connectivity index (χ0) is 11.3. The van der Waals surface area contributed by atoms with E-state index < -0.39 is 12.5 Å². The van der Waals surface area contributed by atoms with Gasteiger partial charge in [-0.25, -0.2) is 0 Å². The van der Waals surface area contributed by atoms with Crippen LogP contribution in [0.15, 0.2) is 24.3 Å². The quantitative estimate of drug-likeness (QED) is 0.811. The number of carbonyl (C=O) groups excluding carboxylic acids is 1. The first-order valence-electron chi connectivity index (χ1n) is 4.25. The van der Waals surface area contributed by atoms with Gasteiger partial charge in [-0.1, -0.05) is 18.2 Å². The van der Waals surface area contributed by atoms with Crippen LogP contribution in [-0.4, -0.2) is 12.5 Å². The fourth-order valence-corrected chi connectivity index (χ4v) is 1.06. The molecule has 0 unspecified atom stereocenters. The van der Waals surface area contributed by atoms with Gasteiger partial charge in [-0.15, -0.1) is 0 Å². The molecule has 0 heterocycles. The predicted octanol–water partition coefficient (Wildman–Crippen LogP) is 1.72. The monoisotopic (exact) mass is 214 g/mol. The number of benzene rings is 1. The molecular formula is C10H10F2NO2. The maximum atomic E-state index is 12.0. The SMILES string of the molecule is NC(=O)C[CH]c1ccccc1OC(F)F. The number of amides is 1. The summed E-state index contributed by atoms with van der Waals surface area (Å²) < 4.78 is 28.2. The molecule has 5 heteroatoms. The third-order valence-electron chi connectivity index (χ3n) is 1.66. The molecule has 0 spiro atoms. The molecule has 1 aromatic carbocycles. The van der Waals surface area contributed by atoms with Gasteiger partial charge in [0.25, 0.3) is 0 Å². The number of para-hydroxylation sites is 1. The average Bonchev–Trinajstić information content (AvgIpc) is 2.15. The summed E-state index contributed by atoms with van der Waals surface area (Å²) in [5, 5.41) is 0. The van der Waals surface area contributed by atoms with Crippen molar-refractivity contribution in [2.45, 2.75) is 13.0 Å². The van der Waals surface area contributed by atoms with E-state index in [9.17, 15) is 13.6 Å². The van der Waals surface area contributed by atoms with Crippen molar-refractivity contribution in [1.29, 1.82) is 0 Å². The molecule has 1 radical (unpaired) electrons. The molecule has 3 nitrogen and oxygen atoms in total. The number of alkyl halides is 2. The minimum absolute atomic E-state index is 0.0103. The van der Waals surface area contributed by atoms with Gasteiger partial charge in [0.05, 0.1) is 0 Å². The van der Waals surface area contributed by atoms with Crippen molar-refractivity contribution in [3.8, 4) is 5.75 Å². The lowest BCUT2D eigenvalue weighted by atomic mass is 10.1. The Morgan fingerprint density at radius 2 is 2.13 bits per heavy atom. The molecule has 0 aromatic heterocycles. The Hall–Kier alpha value is -1.65. The van der Waals surface area contributed by atoms with Crippen molar-refractivity contribution in [1.82, 2.24) is 0 Å². The van der Waals surface area contributed by atoms with Gasteiger partial charge in [-0.3, -0.25) is 4.79 Å². The van der Waals surface area contributed by atoms with E-state index in [0.717, 1.165) is 0 Å². The summed E-state index contributed by atoms with van der Waals surface area (Å²) in [6.45, 7) is -2.88. The van der Waals surface area contributed by atoms with Crippen LogP contribution in [0.25, 0.3) is 0 Å². The van der Waals surface area contributed by atoms with E-state index in [1.807, 2.05) is 0 Å². The standard InChI is InChI=1S/C10H10F2NO2/c11-10(12)15-8-4-2-1-3-7(8)5-6-9(13)14/h1-5,10H,6H2,(H2,13,14). The smallest absolute Gasteiger partial charge is 0.387 e. The first kappa shape index (κ1) is 11.4. The zero-order valence-electron chi connectivity index (χ0n) is 7.82. The average molecular weight is 214 g/mol. The molecule has 1 aromatic rings. The van der Waals surface area contributed by atoms with E-state index in [2.05, 4.69) is 4.74 Å². The molecule has 0 saturated carbocycles. The van der Waals surface area contributed by atoms with Gasteiger partial charge in [0.1, 0.15) is 5.75 Å². The normalized spacial score (nSPS) is 10.3. The number of hydrogen-bond acceptors (Lipinski definition) is 2. The van der Waals surface area contributed by atoms with E-state index in [1.54, 1.807) is 18.2 Å². The summed E-state index contributed by atoms with van der Waals surface area (Å²) in [5.41, 5.74) is 5.36. The number of hydrogen-bond donors (Lipinski definition) is 1. The highest BCUT2D eigenvalue weighted by Gasteiger charge is 2.09. The molecule has 0 atom stereocenters. The maximum Gasteiger partial charge on any atom is 0.387 e. The summed E-state index contributed by atoms with van der Waals surface area (Å²) in [4.78, 5) is 10.5. The van der Waals surface area contributed by atoms with Crippen LogP contribution in [0, 0.1) is 6.42 Å². The van der Waals surface area contributed by atoms with Crippen LogP contribution < -0.4 is 10.5 Å². The predicted molar refractivity (Wildman–Crippen MR) is 50.3 cm³/mol. The molecule has 1 amide bonds. The van der Waals surface area contributed by atoms with E-state index in [0.29, 0.717) is 5.56 Å². The number of ether oxygens (including phenoxy) is 1. The van der Waals surface area contributed by atoms with Gasteiger partial charge >= 0.3 is 6.61 Å². The number of rotatable bonds is 5. The van der Waals surface area contributed by atoms with Gasteiger partial charge in [0.2, 0.25) is 5.91 Å². The molecule has 2 N–H and O–H groups in total. The van der Waals surface area contributed by atoms with Crippen LogP contribution in [0.4, 0.5) is 8.78 Å². The van der Waals surface area contributed by atoms with Crippen LogP contribution in [0.3, 0.4) is 0 Å². The Kier molecular flexibility index (Phi) is 4.03. The molecule has 81 valence electrons. The highest BCUT2D eigenvalue weighted by molar-refractivity contribution is 5.75. The van der Waals surface area contributed by atoms with Crippen molar-refractivity contribution in [2.24, 2.45) is 5.73 Å². The lowest BCUT2D eigenvalue weighted by molar-refractivity contribution is -0.117. The first-order valence-corrected chi connectivity index (χ1v) is 4.25. The van der Waals surface area contributed by atoms with Crippen molar-refractivity contribution in [3.05, 3.63) is 36.2 Å². The molecule has 0 bridgehead atoms. The summed E-state index contributed by atoms with van der Waals surface area (Å²) in [5.74, 6) is -0.490. The molecule has 0 aliphatic carbocycles. The highest BCUT2D eigenvalue weighted by Crippen LogP contribution is 2.22. The van der Waals surface area contributed by atoms with Crippen LogP contribution in [0.2, 0.25) is 0 Å². The molecule has 0 aliphatic rings. The van der Waals surface area contributed by atoms with Gasteiger partial charge in [0, 0.05) is 12.8 Å². The summed E-state index contributed by atoms with van der Waals surface area (Å²) in [6, 6.07) is 6.20. The van der Waals surface area contributed by atoms with E-state index in [1.165, 1.54) is 12.5 Å². The summed E-state index contributed by atoms with van der Waals surface area (Å²) in [7, 11) is 0. The fraction of sp³-hybridized carbons (Fsp3) is 0.200. The topological polar surface area (TPSA) is 52.3 Å². The number of halogens is 2. The Morgan fingerprint density at radius 3 is 2.73 bits per heavy atom. The van der Waals surface area contributed by atoms with Gasteiger partial charge in [-0.2, -0.15) is 8.78 Å². The van der Waals surface area contributed by atoms with Crippen LogP contribution in [0.1, 0.15) is 12.0 Å². The van der Waals surface area contributed by atoms with Crippen molar-refractivity contribution < 1.29 is 18.3 Å². The lowest BCUT2D eigenvalue weighted by Gasteiger charge is -2.09. The summed E-state index contributed by atoms with van der Waals surface area (Å²) >= 11 is 0. The Morgan fingerprint density at radius 1 is 1.47 bits per heavy atom. The molecule has 0 aliphatic heterocycles. The Balaban J connectivity index is 2.72. The molecular weight excluding hydrogens is 204 g/mol. The summed E-state index contributed by atoms with van der Waals surface area (Å²) in [6.07, 6.45) is 1.43. The largest absolute Gasteiger partial charge is 0.435 e. The second kappa shape index (κ2) is 5.29. The zero-order valence-corrected chi connectivity index (χ0v) is 7.82. The second-order valence-electron chi connectivity index (χ2n) is 2.79. The maximum absolute atomic E-state index is 12.0. The number of nitrogens with two attached hydrogens (primary N) is 1. The number of primary amides is 1. The third-order valence-corrected chi connectivity index (χ3v) is 1.66. The van der Waals surface area contributed by atoms with Crippen molar-refractivity contribution in [3.63, 3.8) is 0 Å². The Labute approximate surface area is 85.8 Å². The van der Waals surface area contributed by atoms with E-state index >= 15 is 0 Å². The molecule has 0 fully saturated rings. The molecule has 0 saturated heterocycles. The van der Waals surface area contributed by atoms with Crippen LogP contribution in [-0.2, 0) is 4.79 Å². The third kappa shape index (κ3) is 3.93. The second-order valence-corrected chi connectivity index (χ2v) is 2.79. The van der Waals surface area contributed by atoms with E-state index in [4.69, 9.17) is 5.73 Å². The highest BCUT2D eigenvalue weighted by atomic mass is 19.3. The van der Waals surface area contributed by atoms with Crippen LogP contribution >= 0.6 is 0 Å². The number of carbonyl (C=O) groups is 1. The molecule has 1 rings (SSSR count). The Bertz CT molecular complexity index is 342. The van der Waals surface area contributed by atoms with E-state index in [-0.39, 0.29) is 12.2 Å². The minimum atomic E-state index is -2.88. The lowest BCUT2D eigenvalue weighted by Crippen LogP contribution is -2.11. The first-order chi connectivity index (χ1) is 7.09. The van der Waals surface area contributed by atoms with Crippen molar-refractivity contribution in [2.75, 3.05) is 0 Å². The van der Waals surface area contributed by atoms with Crippen LogP contribution in [0.5, 0.6) is 5.75 Å². The fourth-order valence-electron chi connectivity index (χ4n) is 1.06.